The first kappa shape index (κ1) is 17.0. The van der Waals surface area contributed by atoms with Crippen LogP contribution in [0.1, 0.15) is 6.92 Å². The normalized spacial score (nSPS) is 35.4. The van der Waals surface area contributed by atoms with Crippen molar-refractivity contribution in [1.29, 1.82) is 0 Å². The standard InChI is InChI=1S/C11H19NO8/c1-4(5(14)2-12)10(18)20-11-9(17)8(16)7(15)6(3-13)19-11/h4,6-9,11,13,15-17H,2-3,12H2,1H3/t4?,6-,7-,8+,9-,11?/m1/s1. The molecule has 1 saturated heterocycles. The Morgan fingerprint density at radius 3 is 2.35 bits per heavy atom. The summed E-state index contributed by atoms with van der Waals surface area (Å²) in [4.78, 5) is 22.9. The maximum Gasteiger partial charge on any atom is 0.318 e. The van der Waals surface area contributed by atoms with Gasteiger partial charge in [0, 0.05) is 0 Å². The van der Waals surface area contributed by atoms with E-state index in [0.717, 1.165) is 0 Å². The summed E-state index contributed by atoms with van der Waals surface area (Å²) in [6.07, 6.45) is -7.68. The number of Topliss-reactive ketones (excluding diaryl/α,β-unsaturated/α-hetero) is 1. The second-order valence-corrected chi connectivity index (χ2v) is 4.53. The number of ketones is 1. The highest BCUT2D eigenvalue weighted by atomic mass is 16.7. The van der Waals surface area contributed by atoms with Crippen LogP contribution in [-0.2, 0) is 19.1 Å². The Bertz CT molecular complexity index is 360. The molecule has 9 nitrogen and oxygen atoms in total. The molecular formula is C11H19NO8. The molecular weight excluding hydrogens is 274 g/mol. The molecule has 0 spiro atoms. The topological polar surface area (TPSA) is 160 Å². The van der Waals surface area contributed by atoms with Gasteiger partial charge >= 0.3 is 5.97 Å². The molecule has 20 heavy (non-hydrogen) atoms. The molecule has 0 bridgehead atoms. The van der Waals surface area contributed by atoms with Crippen molar-refractivity contribution in [3.05, 3.63) is 0 Å². The second-order valence-electron chi connectivity index (χ2n) is 4.53. The van der Waals surface area contributed by atoms with Crippen LogP contribution in [-0.4, -0.2) is 76.0 Å². The van der Waals surface area contributed by atoms with Crippen molar-refractivity contribution in [3.8, 4) is 0 Å². The average molecular weight is 293 g/mol. The van der Waals surface area contributed by atoms with Gasteiger partial charge in [0.1, 0.15) is 30.3 Å². The van der Waals surface area contributed by atoms with E-state index < -0.39 is 55.0 Å². The van der Waals surface area contributed by atoms with E-state index in [1.54, 1.807) is 0 Å². The summed E-state index contributed by atoms with van der Waals surface area (Å²) >= 11 is 0. The Morgan fingerprint density at radius 2 is 1.85 bits per heavy atom. The maximum absolute atomic E-state index is 11.6. The Balaban J connectivity index is 2.71. The van der Waals surface area contributed by atoms with Gasteiger partial charge in [-0.3, -0.25) is 9.59 Å². The van der Waals surface area contributed by atoms with Crippen LogP contribution in [0.25, 0.3) is 0 Å². The third kappa shape index (κ3) is 3.51. The molecule has 1 aliphatic rings. The molecule has 0 aromatic rings. The number of carbonyl (C=O) groups is 2. The lowest BCUT2D eigenvalue weighted by Gasteiger charge is -2.39. The van der Waals surface area contributed by atoms with E-state index in [2.05, 4.69) is 0 Å². The van der Waals surface area contributed by atoms with Crippen LogP contribution in [0, 0.1) is 5.92 Å². The van der Waals surface area contributed by atoms with Crippen molar-refractivity contribution in [3.63, 3.8) is 0 Å². The summed E-state index contributed by atoms with van der Waals surface area (Å²) < 4.78 is 9.74. The molecule has 6 atom stereocenters. The summed E-state index contributed by atoms with van der Waals surface area (Å²) in [6, 6.07) is 0. The summed E-state index contributed by atoms with van der Waals surface area (Å²) in [7, 11) is 0. The van der Waals surface area contributed by atoms with Crippen molar-refractivity contribution in [2.45, 2.75) is 37.6 Å². The van der Waals surface area contributed by atoms with E-state index in [9.17, 15) is 24.9 Å². The zero-order valence-electron chi connectivity index (χ0n) is 10.9. The zero-order chi connectivity index (χ0) is 15.4. The predicted octanol–water partition coefficient (Wildman–Crippen LogP) is -3.51. The Hall–Kier alpha value is -1.10. The molecule has 116 valence electrons. The van der Waals surface area contributed by atoms with E-state index in [1.807, 2.05) is 0 Å². The number of aliphatic hydroxyl groups excluding tert-OH is 4. The third-order valence-corrected chi connectivity index (χ3v) is 3.12. The van der Waals surface area contributed by atoms with Gasteiger partial charge in [0.25, 0.3) is 0 Å². The first-order valence-corrected chi connectivity index (χ1v) is 6.07. The van der Waals surface area contributed by atoms with Gasteiger partial charge in [-0.15, -0.1) is 0 Å². The van der Waals surface area contributed by atoms with Crippen LogP contribution in [0.3, 0.4) is 0 Å². The van der Waals surface area contributed by atoms with Gasteiger partial charge in [0.2, 0.25) is 6.29 Å². The Labute approximate surface area is 114 Å². The van der Waals surface area contributed by atoms with Crippen molar-refractivity contribution in [2.75, 3.05) is 13.2 Å². The van der Waals surface area contributed by atoms with Crippen LogP contribution in [0.4, 0.5) is 0 Å². The van der Waals surface area contributed by atoms with Crippen LogP contribution < -0.4 is 5.73 Å². The number of nitrogens with two attached hydrogens (primary N) is 1. The molecule has 0 amide bonds. The van der Waals surface area contributed by atoms with E-state index in [0.29, 0.717) is 0 Å². The van der Waals surface area contributed by atoms with Crippen LogP contribution in [0.15, 0.2) is 0 Å². The average Bonchev–Trinajstić information content (AvgIpc) is 2.45. The van der Waals surface area contributed by atoms with Gasteiger partial charge in [-0.25, -0.2) is 0 Å². The molecule has 0 aliphatic carbocycles. The summed E-state index contributed by atoms with van der Waals surface area (Å²) in [5.74, 6) is -2.68. The highest BCUT2D eigenvalue weighted by molar-refractivity contribution is 5.99. The number of carbonyl (C=O) groups excluding carboxylic acids is 2. The fourth-order valence-electron chi connectivity index (χ4n) is 1.69. The molecule has 6 N–H and O–H groups in total. The lowest BCUT2D eigenvalue weighted by Crippen LogP contribution is -2.59. The highest BCUT2D eigenvalue weighted by Gasteiger charge is 2.45. The quantitative estimate of drug-likeness (QED) is 0.256. The SMILES string of the molecule is CC(C(=O)CN)C(=O)OC1O[C@H](CO)[C@@H](O)[C@H](O)[C@H]1O. The molecule has 2 unspecified atom stereocenters. The highest BCUT2D eigenvalue weighted by Crippen LogP contribution is 2.22. The minimum Gasteiger partial charge on any atom is -0.432 e. The lowest BCUT2D eigenvalue weighted by molar-refractivity contribution is -0.293. The van der Waals surface area contributed by atoms with Gasteiger partial charge < -0.3 is 35.6 Å². The molecule has 1 aliphatic heterocycles. The number of hydrogen-bond acceptors (Lipinski definition) is 9. The molecule has 0 aromatic carbocycles. The van der Waals surface area contributed by atoms with Crippen molar-refractivity contribution in [1.82, 2.24) is 0 Å². The van der Waals surface area contributed by atoms with Gasteiger partial charge in [-0.2, -0.15) is 0 Å². The van der Waals surface area contributed by atoms with Gasteiger partial charge in [-0.05, 0) is 6.92 Å². The van der Waals surface area contributed by atoms with Crippen LogP contribution in [0.2, 0.25) is 0 Å². The monoisotopic (exact) mass is 293 g/mol. The maximum atomic E-state index is 11.6. The number of rotatable bonds is 5. The minimum absolute atomic E-state index is 0.342. The Kier molecular flexibility index (Phi) is 5.99. The molecule has 1 heterocycles. The molecule has 0 radical (unpaired) electrons. The number of hydrogen-bond donors (Lipinski definition) is 5. The molecule has 1 fully saturated rings. The fraction of sp³-hybridized carbons (Fsp3) is 0.818. The smallest absolute Gasteiger partial charge is 0.318 e. The van der Waals surface area contributed by atoms with Gasteiger partial charge in [0.15, 0.2) is 5.78 Å². The van der Waals surface area contributed by atoms with Crippen molar-refractivity contribution < 1.29 is 39.5 Å². The van der Waals surface area contributed by atoms with E-state index in [-0.39, 0.29) is 6.54 Å². The van der Waals surface area contributed by atoms with E-state index in [4.69, 9.17) is 20.3 Å². The first-order chi connectivity index (χ1) is 9.33. The number of esters is 1. The minimum atomic E-state index is -1.70. The fourth-order valence-corrected chi connectivity index (χ4v) is 1.69. The molecule has 1 rings (SSSR count). The first-order valence-electron chi connectivity index (χ1n) is 6.07. The van der Waals surface area contributed by atoms with Gasteiger partial charge in [-0.1, -0.05) is 0 Å². The van der Waals surface area contributed by atoms with Gasteiger partial charge in [0.05, 0.1) is 13.2 Å². The van der Waals surface area contributed by atoms with Crippen molar-refractivity contribution in [2.24, 2.45) is 11.7 Å². The largest absolute Gasteiger partial charge is 0.432 e. The summed E-state index contributed by atoms with van der Waals surface area (Å²) in [5, 5.41) is 37.7. The zero-order valence-corrected chi connectivity index (χ0v) is 10.9. The number of ether oxygens (including phenoxy) is 2. The predicted molar refractivity (Wildman–Crippen MR) is 63.1 cm³/mol. The molecule has 9 heteroatoms. The van der Waals surface area contributed by atoms with Crippen LogP contribution >= 0.6 is 0 Å². The second kappa shape index (κ2) is 7.07. The van der Waals surface area contributed by atoms with Crippen molar-refractivity contribution >= 4 is 11.8 Å². The van der Waals surface area contributed by atoms with E-state index in [1.165, 1.54) is 6.92 Å². The Morgan fingerprint density at radius 1 is 1.25 bits per heavy atom. The van der Waals surface area contributed by atoms with E-state index >= 15 is 0 Å². The summed E-state index contributed by atoms with van der Waals surface area (Å²) in [5.41, 5.74) is 5.11. The molecule has 0 saturated carbocycles. The molecule has 0 aromatic heterocycles. The third-order valence-electron chi connectivity index (χ3n) is 3.12. The number of aliphatic hydroxyl groups is 4. The summed E-state index contributed by atoms with van der Waals surface area (Å²) in [6.45, 7) is 0.294. The lowest BCUT2D eigenvalue weighted by atomic mass is 9.99. The van der Waals surface area contributed by atoms with Crippen LogP contribution in [0.5, 0.6) is 0 Å².